The van der Waals surface area contributed by atoms with Gasteiger partial charge in [0.25, 0.3) is 11.8 Å². The maximum Gasteiger partial charge on any atom is 0.288 e. The molecule has 1 unspecified atom stereocenters. The van der Waals surface area contributed by atoms with Gasteiger partial charge in [0.1, 0.15) is 5.76 Å². The van der Waals surface area contributed by atoms with Crippen molar-refractivity contribution in [2.24, 2.45) is 5.92 Å². The summed E-state index contributed by atoms with van der Waals surface area (Å²) in [6, 6.07) is 9.92. The van der Waals surface area contributed by atoms with Gasteiger partial charge in [-0.2, -0.15) is 0 Å². The lowest BCUT2D eigenvalue weighted by molar-refractivity contribution is -0.154. The summed E-state index contributed by atoms with van der Waals surface area (Å²) >= 11 is 0. The van der Waals surface area contributed by atoms with E-state index in [2.05, 4.69) is 16.0 Å². The van der Waals surface area contributed by atoms with Crippen molar-refractivity contribution in [1.29, 1.82) is 0 Å². The smallest absolute Gasteiger partial charge is 0.288 e. The van der Waals surface area contributed by atoms with Gasteiger partial charge in [0, 0.05) is 18.2 Å². The van der Waals surface area contributed by atoms with E-state index in [1.165, 1.54) is 6.07 Å². The van der Waals surface area contributed by atoms with Crippen LogP contribution in [0.5, 0.6) is 0 Å². The van der Waals surface area contributed by atoms with Crippen molar-refractivity contribution in [3.63, 3.8) is 0 Å². The summed E-state index contributed by atoms with van der Waals surface area (Å²) in [5, 5.41) is 17.6. The van der Waals surface area contributed by atoms with Gasteiger partial charge in [-0.1, -0.05) is 38.3 Å². The lowest BCUT2D eigenvalue weighted by Gasteiger charge is -2.19. The van der Waals surface area contributed by atoms with Crippen LogP contribution in [0.15, 0.2) is 40.8 Å². The molecule has 178 valence electrons. The normalized spacial score (nSPS) is 11.4. The van der Waals surface area contributed by atoms with E-state index in [1.807, 2.05) is 6.92 Å². The van der Waals surface area contributed by atoms with E-state index in [1.54, 1.807) is 37.4 Å². The maximum atomic E-state index is 12.4. The molecule has 2 rings (SSSR count). The molecule has 1 aromatic carbocycles. The van der Waals surface area contributed by atoms with E-state index >= 15 is 0 Å². The van der Waals surface area contributed by atoms with Gasteiger partial charge in [-0.15, -0.1) is 0 Å². The summed E-state index contributed by atoms with van der Waals surface area (Å²) in [6.07, 6.45) is 3.45. The number of hydrogen-bond acceptors (Lipinski definition) is 6. The number of carbonyl (C=O) groups excluding carboxylic acids is 4. The highest BCUT2D eigenvalue weighted by Gasteiger charge is 2.21. The number of benzene rings is 1. The molecule has 33 heavy (non-hydrogen) atoms. The summed E-state index contributed by atoms with van der Waals surface area (Å²) in [5.41, 5.74) is 1.10. The minimum atomic E-state index is -0.591. The second kappa shape index (κ2) is 13.0. The number of nitrogens with one attached hydrogen (secondary N) is 3. The monoisotopic (exact) mass is 458 g/mol. The molecule has 0 aliphatic heterocycles. The van der Waals surface area contributed by atoms with Gasteiger partial charge >= 0.3 is 0 Å². The Morgan fingerprint density at radius 2 is 1.91 bits per heavy atom. The van der Waals surface area contributed by atoms with Crippen molar-refractivity contribution in [1.82, 2.24) is 21.0 Å². The van der Waals surface area contributed by atoms with Crippen LogP contribution >= 0.6 is 0 Å². The number of hydrogen-bond donors (Lipinski definition) is 4. The fraction of sp³-hybridized carbons (Fsp3) is 0.391. The Morgan fingerprint density at radius 1 is 1.12 bits per heavy atom. The molecule has 4 N–H and O–H groups in total. The van der Waals surface area contributed by atoms with E-state index < -0.39 is 11.8 Å². The zero-order valence-corrected chi connectivity index (χ0v) is 18.8. The first kappa shape index (κ1) is 25.6. The zero-order chi connectivity index (χ0) is 24.2. The van der Waals surface area contributed by atoms with Crippen LogP contribution in [-0.2, 0) is 9.59 Å². The second-order valence-electron chi connectivity index (χ2n) is 7.47. The second-order valence-corrected chi connectivity index (χ2v) is 7.47. The Kier molecular flexibility index (Phi) is 10.1. The predicted octanol–water partition coefficient (Wildman–Crippen LogP) is 2.15. The molecule has 1 atom stereocenters. The molecule has 0 spiro atoms. The van der Waals surface area contributed by atoms with E-state index in [0.29, 0.717) is 28.4 Å². The molecular formula is C23H30N4O6. The predicted molar refractivity (Wildman–Crippen MR) is 120 cm³/mol. The summed E-state index contributed by atoms with van der Waals surface area (Å²) in [4.78, 5) is 47.3. The number of rotatable bonds is 13. The Bertz CT molecular complexity index is 958. The molecule has 0 radical (unpaired) electrons. The van der Waals surface area contributed by atoms with Gasteiger partial charge < -0.3 is 20.4 Å². The average molecular weight is 459 g/mol. The van der Waals surface area contributed by atoms with Gasteiger partial charge in [0.05, 0.1) is 19.1 Å². The van der Waals surface area contributed by atoms with Gasteiger partial charge in [-0.25, -0.2) is 5.06 Å². The quantitative estimate of drug-likeness (QED) is 0.119. The number of amides is 4. The summed E-state index contributed by atoms with van der Waals surface area (Å²) < 4.78 is 5.60. The van der Waals surface area contributed by atoms with Crippen LogP contribution in [0, 0.1) is 5.92 Å². The lowest BCUT2D eigenvalue weighted by Crippen LogP contribution is -2.42. The third kappa shape index (κ3) is 7.76. The van der Waals surface area contributed by atoms with Crippen LogP contribution < -0.4 is 16.0 Å². The van der Waals surface area contributed by atoms with Crippen LogP contribution in [0.25, 0.3) is 11.3 Å². The van der Waals surface area contributed by atoms with Crippen LogP contribution in [-0.4, -0.2) is 54.7 Å². The van der Waals surface area contributed by atoms with Crippen molar-refractivity contribution < 1.29 is 28.8 Å². The summed E-state index contributed by atoms with van der Waals surface area (Å²) in [7, 11) is 1.54. The van der Waals surface area contributed by atoms with E-state index in [0.717, 1.165) is 19.3 Å². The summed E-state index contributed by atoms with van der Waals surface area (Å²) in [5.74, 6) is -1.26. The van der Waals surface area contributed by atoms with Crippen molar-refractivity contribution in [2.75, 3.05) is 20.3 Å². The number of furan rings is 1. The molecule has 0 saturated carbocycles. The molecule has 4 amide bonds. The van der Waals surface area contributed by atoms with Crippen LogP contribution in [0.3, 0.4) is 0 Å². The highest BCUT2D eigenvalue weighted by atomic mass is 16.5. The van der Waals surface area contributed by atoms with Crippen molar-refractivity contribution >= 4 is 24.1 Å². The third-order valence-electron chi connectivity index (χ3n) is 5.03. The third-order valence-corrected chi connectivity index (χ3v) is 5.03. The Labute approximate surface area is 192 Å². The van der Waals surface area contributed by atoms with E-state index in [-0.39, 0.29) is 37.2 Å². The van der Waals surface area contributed by atoms with Crippen LogP contribution in [0.2, 0.25) is 0 Å². The minimum Gasteiger partial charge on any atom is -0.451 e. The maximum absolute atomic E-state index is 12.4. The first-order valence-electron chi connectivity index (χ1n) is 10.8. The number of unbranched alkanes of at least 4 members (excludes halogenated alkanes) is 2. The van der Waals surface area contributed by atoms with Crippen molar-refractivity contribution in [3.05, 3.63) is 47.7 Å². The van der Waals surface area contributed by atoms with Crippen molar-refractivity contribution in [3.8, 4) is 11.3 Å². The molecule has 1 aromatic heterocycles. The molecule has 0 fully saturated rings. The van der Waals surface area contributed by atoms with Gasteiger partial charge in [-0.3, -0.25) is 24.4 Å². The minimum absolute atomic E-state index is 0.0478. The van der Waals surface area contributed by atoms with E-state index in [4.69, 9.17) is 4.42 Å². The highest BCUT2D eigenvalue weighted by molar-refractivity contribution is 5.95. The molecule has 0 saturated heterocycles. The molecule has 2 aromatic rings. The lowest BCUT2D eigenvalue weighted by atomic mass is 10.0. The standard InChI is InChI=1S/C23H30N4O6/c1-3-4-5-7-18(13-27(32)15-28)22(30)25-14-26-23(31)20-11-10-19(33-20)16-8-6-9-17(12-16)21(29)24-2/h6,8-12,15,18,32H,3-5,7,13-14H2,1-2H3,(H,24,29)(H,25,30)(H,26,31). The molecule has 1 heterocycles. The van der Waals surface area contributed by atoms with E-state index in [9.17, 15) is 24.4 Å². The Morgan fingerprint density at radius 3 is 2.61 bits per heavy atom. The van der Waals surface area contributed by atoms with Gasteiger partial charge in [0.15, 0.2) is 5.76 Å². The molecule has 0 bridgehead atoms. The first-order valence-corrected chi connectivity index (χ1v) is 10.8. The molecule has 10 heteroatoms. The largest absolute Gasteiger partial charge is 0.451 e. The van der Waals surface area contributed by atoms with Crippen LogP contribution in [0.4, 0.5) is 0 Å². The highest BCUT2D eigenvalue weighted by Crippen LogP contribution is 2.23. The fourth-order valence-electron chi connectivity index (χ4n) is 3.23. The Hall–Kier alpha value is -3.66. The van der Waals surface area contributed by atoms with Gasteiger partial charge in [-0.05, 0) is 30.7 Å². The summed E-state index contributed by atoms with van der Waals surface area (Å²) in [6.45, 7) is 1.77. The molecule has 0 aliphatic rings. The van der Waals surface area contributed by atoms with Crippen LogP contribution in [0.1, 0.15) is 53.5 Å². The number of carbonyl (C=O) groups is 4. The SMILES string of the molecule is CCCCCC(CN(O)C=O)C(=O)NCNC(=O)c1ccc(-c2cccc(C(=O)NC)c2)o1. The van der Waals surface area contributed by atoms with Crippen molar-refractivity contribution in [2.45, 2.75) is 32.6 Å². The number of nitrogens with zero attached hydrogens (tertiary/aromatic N) is 1. The molecule has 0 aliphatic carbocycles. The van der Waals surface area contributed by atoms with Gasteiger partial charge in [0.2, 0.25) is 12.3 Å². The molecule has 10 nitrogen and oxygen atoms in total. The molecular weight excluding hydrogens is 428 g/mol. The number of hydroxylamine groups is 2. The topological polar surface area (TPSA) is 141 Å². The first-order chi connectivity index (χ1) is 15.9. The average Bonchev–Trinajstić information content (AvgIpc) is 3.33. The Balaban J connectivity index is 1.92. The zero-order valence-electron chi connectivity index (χ0n) is 18.8. The fourth-order valence-corrected chi connectivity index (χ4v) is 3.23.